The molecule has 2 unspecified atom stereocenters. The zero-order valence-corrected chi connectivity index (χ0v) is 23.4. The number of nitrogens with one attached hydrogen (secondary N) is 1. The van der Waals surface area contributed by atoms with Crippen molar-refractivity contribution in [2.24, 2.45) is 5.92 Å². The van der Waals surface area contributed by atoms with E-state index in [1.54, 1.807) is 16.9 Å². The van der Waals surface area contributed by atoms with Crippen molar-refractivity contribution in [2.45, 2.75) is 31.5 Å². The fraction of sp³-hybridized carbons (Fsp3) is 0.333. The normalized spacial score (nSPS) is 16.4. The molecule has 4 aromatic rings. The van der Waals surface area contributed by atoms with Crippen LogP contribution in [-0.2, 0) is 33.5 Å². The summed E-state index contributed by atoms with van der Waals surface area (Å²) in [6.45, 7) is 0.895. The van der Waals surface area contributed by atoms with Crippen LogP contribution in [0.25, 0.3) is 10.9 Å². The lowest BCUT2D eigenvalue weighted by atomic mass is 10.1. The minimum Gasteiger partial charge on any atom is -0.383 e. The SMILES string of the molecule is COCCN(CC(=O)N(CCc1c[nH]c2ccccc12)Cc1ccc(C(F)(F)F)cc1)C(=O)C1CC1c1ccccc1. The highest BCUT2D eigenvalue weighted by Gasteiger charge is 2.46. The third-order valence-electron chi connectivity index (χ3n) is 7.87. The van der Waals surface area contributed by atoms with Crippen LogP contribution in [0.2, 0.25) is 0 Å². The fourth-order valence-corrected chi connectivity index (χ4v) is 5.41. The van der Waals surface area contributed by atoms with Crippen molar-refractivity contribution in [3.8, 4) is 0 Å². The first-order valence-corrected chi connectivity index (χ1v) is 14.1. The number of methoxy groups -OCH3 is 1. The van der Waals surface area contributed by atoms with Crippen molar-refractivity contribution in [1.82, 2.24) is 14.8 Å². The Morgan fingerprint density at radius 1 is 0.929 bits per heavy atom. The highest BCUT2D eigenvalue weighted by molar-refractivity contribution is 5.88. The molecule has 0 bridgehead atoms. The summed E-state index contributed by atoms with van der Waals surface area (Å²) in [6, 6.07) is 22.6. The summed E-state index contributed by atoms with van der Waals surface area (Å²) in [5.41, 5.74) is 2.97. The number of aromatic amines is 1. The minimum atomic E-state index is -4.44. The quantitative estimate of drug-likeness (QED) is 0.223. The van der Waals surface area contributed by atoms with Gasteiger partial charge in [0, 0.05) is 49.8 Å². The number of H-pyrrole nitrogens is 1. The van der Waals surface area contributed by atoms with Gasteiger partial charge in [0.15, 0.2) is 0 Å². The van der Waals surface area contributed by atoms with E-state index in [9.17, 15) is 22.8 Å². The van der Waals surface area contributed by atoms with Crippen molar-refractivity contribution in [3.05, 3.63) is 107 Å². The summed E-state index contributed by atoms with van der Waals surface area (Å²) in [5.74, 6) is -0.410. The molecule has 1 N–H and O–H groups in total. The molecule has 2 atom stereocenters. The van der Waals surface area contributed by atoms with E-state index in [2.05, 4.69) is 4.98 Å². The number of nitrogens with zero attached hydrogens (tertiary/aromatic N) is 2. The summed E-state index contributed by atoms with van der Waals surface area (Å²) < 4.78 is 44.6. The van der Waals surface area contributed by atoms with Crippen molar-refractivity contribution in [2.75, 3.05) is 33.4 Å². The molecule has 0 spiro atoms. The first kappa shape index (κ1) is 29.4. The fourth-order valence-electron chi connectivity index (χ4n) is 5.41. The molecule has 1 aliphatic carbocycles. The first-order chi connectivity index (χ1) is 20.2. The molecule has 220 valence electrons. The monoisotopic (exact) mass is 577 g/mol. The van der Waals surface area contributed by atoms with Crippen LogP contribution in [0.4, 0.5) is 13.2 Å². The van der Waals surface area contributed by atoms with Gasteiger partial charge in [-0.25, -0.2) is 0 Å². The zero-order valence-electron chi connectivity index (χ0n) is 23.4. The summed E-state index contributed by atoms with van der Waals surface area (Å²) in [4.78, 5) is 33.7. The van der Waals surface area contributed by atoms with E-state index in [4.69, 9.17) is 4.74 Å². The van der Waals surface area contributed by atoms with Gasteiger partial charge in [0.25, 0.3) is 0 Å². The molecular weight excluding hydrogens is 543 g/mol. The number of aromatic nitrogens is 1. The predicted octanol–water partition coefficient (Wildman–Crippen LogP) is 6.04. The molecule has 0 saturated heterocycles. The van der Waals surface area contributed by atoms with Gasteiger partial charge in [-0.1, -0.05) is 60.7 Å². The highest BCUT2D eigenvalue weighted by atomic mass is 19.4. The number of carbonyl (C=O) groups is 2. The van der Waals surface area contributed by atoms with Gasteiger partial charge in [0.2, 0.25) is 11.8 Å². The van der Waals surface area contributed by atoms with E-state index in [0.717, 1.165) is 40.6 Å². The Morgan fingerprint density at radius 3 is 2.36 bits per heavy atom. The van der Waals surface area contributed by atoms with Crippen LogP contribution in [0.15, 0.2) is 85.1 Å². The zero-order chi connectivity index (χ0) is 29.7. The molecule has 6 nitrogen and oxygen atoms in total. The molecule has 3 aromatic carbocycles. The largest absolute Gasteiger partial charge is 0.416 e. The van der Waals surface area contributed by atoms with E-state index in [-0.39, 0.29) is 49.9 Å². The lowest BCUT2D eigenvalue weighted by Crippen LogP contribution is -2.45. The third kappa shape index (κ3) is 7.02. The van der Waals surface area contributed by atoms with Crippen LogP contribution in [0.1, 0.15) is 34.6 Å². The van der Waals surface area contributed by atoms with Crippen molar-refractivity contribution in [1.29, 1.82) is 0 Å². The molecule has 1 heterocycles. The number of fused-ring (bicyclic) bond motifs is 1. The summed E-state index contributed by atoms with van der Waals surface area (Å²) >= 11 is 0. The Balaban J connectivity index is 1.33. The molecule has 9 heteroatoms. The second kappa shape index (κ2) is 12.8. The van der Waals surface area contributed by atoms with Crippen LogP contribution in [0.5, 0.6) is 0 Å². The maximum absolute atomic E-state index is 13.8. The van der Waals surface area contributed by atoms with Crippen molar-refractivity contribution in [3.63, 3.8) is 0 Å². The Kier molecular flexibility index (Phi) is 8.97. The number of alkyl halides is 3. The van der Waals surface area contributed by atoms with Gasteiger partial charge >= 0.3 is 6.18 Å². The first-order valence-electron chi connectivity index (χ1n) is 14.1. The molecule has 0 aliphatic heterocycles. The Labute approximate surface area is 243 Å². The molecule has 0 radical (unpaired) electrons. The van der Waals surface area contributed by atoms with E-state index in [1.807, 2.05) is 60.8 Å². The van der Waals surface area contributed by atoms with Gasteiger partial charge in [-0.3, -0.25) is 9.59 Å². The lowest BCUT2D eigenvalue weighted by molar-refractivity contribution is -0.142. The van der Waals surface area contributed by atoms with Crippen molar-refractivity contribution < 1.29 is 27.5 Å². The van der Waals surface area contributed by atoms with Gasteiger partial charge in [-0.2, -0.15) is 13.2 Å². The smallest absolute Gasteiger partial charge is 0.383 e. The summed E-state index contributed by atoms with van der Waals surface area (Å²) in [7, 11) is 1.55. The Hall–Kier alpha value is -4.11. The number of hydrogen-bond donors (Lipinski definition) is 1. The number of benzene rings is 3. The van der Waals surface area contributed by atoms with Gasteiger partial charge in [0.05, 0.1) is 18.7 Å². The number of para-hydroxylation sites is 1. The summed E-state index contributed by atoms with van der Waals surface area (Å²) in [6.07, 6.45) is -1.25. The van der Waals surface area contributed by atoms with E-state index in [0.29, 0.717) is 18.5 Å². The average molecular weight is 578 g/mol. The van der Waals surface area contributed by atoms with Crippen LogP contribution < -0.4 is 0 Å². The minimum absolute atomic E-state index is 0.0830. The number of halogens is 3. The number of rotatable bonds is 12. The molecular formula is C33H34F3N3O3. The van der Waals surface area contributed by atoms with Crippen LogP contribution >= 0.6 is 0 Å². The Bertz CT molecular complexity index is 1500. The highest BCUT2D eigenvalue weighted by Crippen LogP contribution is 2.48. The van der Waals surface area contributed by atoms with E-state index < -0.39 is 11.7 Å². The molecule has 2 amide bonds. The lowest BCUT2D eigenvalue weighted by Gasteiger charge is -2.28. The molecule has 1 aromatic heterocycles. The standard InChI is InChI=1S/C33H34F3N3O3/c1-42-18-17-39(32(41)29-19-28(29)24-7-3-2-4-8-24)22-31(40)38(21-23-11-13-26(14-12-23)33(34,35)36)16-15-25-20-37-30-10-6-5-9-27(25)30/h2-14,20,28-29,37H,15-19,21-22H2,1H3. The molecule has 1 saturated carbocycles. The predicted molar refractivity (Wildman–Crippen MR) is 155 cm³/mol. The average Bonchev–Trinajstić information content (AvgIpc) is 3.70. The van der Waals surface area contributed by atoms with Crippen LogP contribution in [-0.4, -0.2) is 59.9 Å². The number of hydrogen-bond acceptors (Lipinski definition) is 3. The molecule has 1 fully saturated rings. The van der Waals surface area contributed by atoms with Gasteiger partial charge in [-0.15, -0.1) is 0 Å². The third-order valence-corrected chi connectivity index (χ3v) is 7.87. The molecule has 5 rings (SSSR count). The molecule has 1 aliphatic rings. The molecule has 42 heavy (non-hydrogen) atoms. The van der Waals surface area contributed by atoms with Crippen LogP contribution in [0.3, 0.4) is 0 Å². The number of carbonyl (C=O) groups excluding carboxylic acids is 2. The number of ether oxygens (including phenoxy) is 1. The van der Waals surface area contributed by atoms with Crippen LogP contribution in [0, 0.1) is 5.92 Å². The van der Waals surface area contributed by atoms with E-state index >= 15 is 0 Å². The second-order valence-electron chi connectivity index (χ2n) is 10.7. The van der Waals surface area contributed by atoms with E-state index in [1.165, 1.54) is 12.1 Å². The van der Waals surface area contributed by atoms with Gasteiger partial charge in [0.1, 0.15) is 0 Å². The Morgan fingerprint density at radius 2 is 1.64 bits per heavy atom. The maximum Gasteiger partial charge on any atom is 0.416 e. The topological polar surface area (TPSA) is 65.6 Å². The maximum atomic E-state index is 13.8. The second-order valence-corrected chi connectivity index (χ2v) is 10.7. The summed E-state index contributed by atoms with van der Waals surface area (Å²) in [5, 5.41) is 1.05. The number of amides is 2. The van der Waals surface area contributed by atoms with Gasteiger partial charge < -0.3 is 19.5 Å². The van der Waals surface area contributed by atoms with Gasteiger partial charge in [-0.05, 0) is 53.6 Å². The van der Waals surface area contributed by atoms with Crippen molar-refractivity contribution >= 4 is 22.7 Å².